The Morgan fingerprint density at radius 2 is 1.40 bits per heavy atom. The van der Waals surface area contributed by atoms with E-state index < -0.39 is 5.97 Å². The van der Waals surface area contributed by atoms with Crippen LogP contribution in [-0.2, 0) is 36.9 Å². The van der Waals surface area contributed by atoms with Crippen LogP contribution in [0.4, 0.5) is 0 Å². The van der Waals surface area contributed by atoms with Crippen LogP contribution in [0, 0.1) is 0 Å². The number of Topliss-reactive ketones (excluding diaryl/α,β-unsaturated/α-hetero) is 1. The molecule has 12 heteroatoms. The normalized spacial score (nSPS) is 16.0. The van der Waals surface area contributed by atoms with E-state index in [1.165, 1.54) is 0 Å². The van der Waals surface area contributed by atoms with Crippen LogP contribution in [0.5, 0.6) is 5.75 Å². The second-order valence-electron chi connectivity index (χ2n) is 13.5. The molecule has 2 fully saturated rings. The SMILES string of the molecule is CC(CC(=O)OCCN1CCOCC1)N(CC(=O)c1ccc(OCc2ccccc2)c2[nH]c(C(=O)OCCN3CCOCC3)cc12)Cc1ccccc1. The molecule has 2 saturated heterocycles. The van der Waals surface area contributed by atoms with Gasteiger partial charge in [-0.15, -0.1) is 0 Å². The zero-order valence-corrected chi connectivity index (χ0v) is 30.5. The number of benzene rings is 3. The average molecular weight is 727 g/mol. The number of nitrogens with zero attached hydrogens (tertiary/aromatic N) is 3. The Morgan fingerprint density at radius 1 is 0.792 bits per heavy atom. The van der Waals surface area contributed by atoms with Crippen LogP contribution in [0.2, 0.25) is 0 Å². The van der Waals surface area contributed by atoms with Crippen molar-refractivity contribution in [3.63, 3.8) is 0 Å². The number of esters is 2. The number of carbonyl (C=O) groups is 3. The summed E-state index contributed by atoms with van der Waals surface area (Å²) >= 11 is 0. The van der Waals surface area contributed by atoms with Gasteiger partial charge in [0.15, 0.2) is 5.78 Å². The van der Waals surface area contributed by atoms with E-state index in [2.05, 4.69) is 14.8 Å². The fraction of sp³-hybridized carbons (Fsp3) is 0.439. The quantitative estimate of drug-likeness (QED) is 0.115. The topological polar surface area (TPSA) is 123 Å². The van der Waals surface area contributed by atoms with Crippen molar-refractivity contribution >= 4 is 28.6 Å². The van der Waals surface area contributed by atoms with Crippen LogP contribution >= 0.6 is 0 Å². The lowest BCUT2D eigenvalue weighted by atomic mass is 10.0. The largest absolute Gasteiger partial charge is 0.487 e. The minimum atomic E-state index is -0.506. The number of aromatic amines is 1. The summed E-state index contributed by atoms with van der Waals surface area (Å²) < 4.78 is 28.3. The van der Waals surface area contributed by atoms with Crippen LogP contribution < -0.4 is 4.74 Å². The Bertz CT molecular complexity index is 1770. The summed E-state index contributed by atoms with van der Waals surface area (Å²) in [6.07, 6.45) is 0.134. The predicted molar refractivity (Wildman–Crippen MR) is 200 cm³/mol. The molecule has 53 heavy (non-hydrogen) atoms. The van der Waals surface area contributed by atoms with E-state index in [4.69, 9.17) is 23.7 Å². The molecule has 0 aliphatic carbocycles. The fourth-order valence-corrected chi connectivity index (χ4v) is 6.57. The Kier molecular flexibility index (Phi) is 14.0. The third-order valence-corrected chi connectivity index (χ3v) is 9.69. The maximum atomic E-state index is 14.3. The van der Waals surface area contributed by atoms with Gasteiger partial charge in [0.2, 0.25) is 0 Å². The zero-order valence-electron chi connectivity index (χ0n) is 30.5. The van der Waals surface area contributed by atoms with E-state index in [-0.39, 0.29) is 43.1 Å². The lowest BCUT2D eigenvalue weighted by Crippen LogP contribution is -2.40. The van der Waals surface area contributed by atoms with Crippen LogP contribution in [0.1, 0.15) is 45.3 Å². The molecule has 0 radical (unpaired) electrons. The Balaban J connectivity index is 1.18. The number of nitrogens with one attached hydrogen (secondary N) is 1. The molecule has 282 valence electrons. The number of H-pyrrole nitrogens is 1. The summed E-state index contributed by atoms with van der Waals surface area (Å²) in [6.45, 7) is 10.5. The van der Waals surface area contributed by atoms with Crippen LogP contribution in [0.25, 0.3) is 10.9 Å². The molecule has 12 nitrogen and oxygen atoms in total. The number of fused-ring (bicyclic) bond motifs is 1. The molecule has 0 amide bonds. The van der Waals surface area contributed by atoms with Crippen molar-refractivity contribution in [1.82, 2.24) is 19.7 Å². The predicted octanol–water partition coefficient (Wildman–Crippen LogP) is 4.57. The first-order valence-electron chi connectivity index (χ1n) is 18.5. The molecule has 0 spiro atoms. The Hall–Kier alpha value is -4.59. The Labute approximate surface area is 310 Å². The van der Waals surface area contributed by atoms with Gasteiger partial charge in [-0.3, -0.25) is 24.3 Å². The van der Waals surface area contributed by atoms with Crippen molar-refractivity contribution in [2.24, 2.45) is 0 Å². The summed E-state index contributed by atoms with van der Waals surface area (Å²) in [5.74, 6) is -0.448. The fourth-order valence-electron chi connectivity index (χ4n) is 6.57. The van der Waals surface area contributed by atoms with Crippen LogP contribution in [-0.4, -0.2) is 129 Å². The molecule has 4 aromatic rings. The maximum Gasteiger partial charge on any atom is 0.354 e. The summed E-state index contributed by atoms with van der Waals surface area (Å²) in [5.41, 5.74) is 3.22. The van der Waals surface area contributed by atoms with Crippen LogP contribution in [0.3, 0.4) is 0 Å². The molecule has 3 aromatic carbocycles. The highest BCUT2D eigenvalue weighted by Gasteiger charge is 2.25. The lowest BCUT2D eigenvalue weighted by molar-refractivity contribution is -0.145. The number of hydrogen-bond acceptors (Lipinski definition) is 11. The number of ether oxygens (including phenoxy) is 5. The van der Waals surface area contributed by atoms with Crippen molar-refractivity contribution in [3.05, 3.63) is 101 Å². The summed E-state index contributed by atoms with van der Waals surface area (Å²) in [7, 11) is 0. The average Bonchev–Trinajstić information content (AvgIpc) is 3.64. The van der Waals surface area contributed by atoms with Gasteiger partial charge in [-0.05, 0) is 36.2 Å². The number of carbonyl (C=O) groups excluding carboxylic acids is 3. The highest BCUT2D eigenvalue weighted by Crippen LogP contribution is 2.31. The first kappa shape index (κ1) is 38.1. The van der Waals surface area contributed by atoms with Gasteiger partial charge in [-0.25, -0.2) is 4.79 Å². The lowest BCUT2D eigenvalue weighted by Gasteiger charge is -2.29. The van der Waals surface area contributed by atoms with Crippen molar-refractivity contribution in [1.29, 1.82) is 0 Å². The first-order valence-corrected chi connectivity index (χ1v) is 18.5. The van der Waals surface area contributed by atoms with E-state index in [0.29, 0.717) is 81.5 Å². The number of rotatable bonds is 18. The van der Waals surface area contributed by atoms with Crippen molar-refractivity contribution in [2.75, 3.05) is 85.5 Å². The molecular weight excluding hydrogens is 676 g/mol. The molecule has 1 N–H and O–H groups in total. The molecule has 2 aliphatic rings. The van der Waals surface area contributed by atoms with Gasteiger partial charge in [0, 0.05) is 62.8 Å². The molecule has 6 rings (SSSR count). The third-order valence-electron chi connectivity index (χ3n) is 9.69. The van der Waals surface area contributed by atoms with Crippen LogP contribution in [0.15, 0.2) is 78.9 Å². The van der Waals surface area contributed by atoms with Crippen molar-refractivity contribution < 1.29 is 38.1 Å². The minimum Gasteiger partial charge on any atom is -0.487 e. The summed E-state index contributed by atoms with van der Waals surface area (Å²) in [5, 5.41) is 0.565. The first-order chi connectivity index (χ1) is 25.9. The second-order valence-corrected chi connectivity index (χ2v) is 13.5. The van der Waals surface area contributed by atoms with Gasteiger partial charge in [-0.2, -0.15) is 0 Å². The van der Waals surface area contributed by atoms with Gasteiger partial charge in [0.1, 0.15) is 31.3 Å². The molecule has 0 bridgehead atoms. The molecule has 1 aromatic heterocycles. The smallest absolute Gasteiger partial charge is 0.354 e. The van der Waals surface area contributed by atoms with Gasteiger partial charge >= 0.3 is 11.9 Å². The third kappa shape index (κ3) is 11.2. The van der Waals surface area contributed by atoms with Gasteiger partial charge < -0.3 is 28.7 Å². The molecule has 2 aliphatic heterocycles. The Morgan fingerprint density at radius 3 is 2.04 bits per heavy atom. The second kappa shape index (κ2) is 19.5. The van der Waals surface area contributed by atoms with Crippen molar-refractivity contribution in [2.45, 2.75) is 32.5 Å². The van der Waals surface area contributed by atoms with Gasteiger partial charge in [-0.1, -0.05) is 60.7 Å². The molecule has 1 unspecified atom stereocenters. The minimum absolute atomic E-state index is 0.0426. The number of aromatic nitrogens is 1. The van der Waals surface area contributed by atoms with Gasteiger partial charge in [0.05, 0.1) is 44.9 Å². The maximum absolute atomic E-state index is 14.3. The number of ketones is 1. The van der Waals surface area contributed by atoms with E-state index >= 15 is 0 Å². The molecule has 0 saturated carbocycles. The van der Waals surface area contributed by atoms with Gasteiger partial charge in [0.25, 0.3) is 0 Å². The molecular formula is C41H50N4O8. The highest BCUT2D eigenvalue weighted by atomic mass is 16.5. The van der Waals surface area contributed by atoms with E-state index in [0.717, 1.165) is 37.3 Å². The highest BCUT2D eigenvalue weighted by molar-refractivity contribution is 6.11. The standard InChI is InChI=1S/C41H50N4O8/c1-31(26-39(47)51-24-18-43-14-20-49-21-15-43)45(28-32-8-4-2-5-9-32)29-37(46)34-12-13-38(53-30-33-10-6-3-7-11-33)40-35(34)27-36(42-40)41(48)52-25-19-44-16-22-50-23-17-44/h2-13,27,31,42H,14-26,28-30H2,1H3. The number of morpholine rings is 2. The van der Waals surface area contributed by atoms with Crippen molar-refractivity contribution in [3.8, 4) is 5.75 Å². The number of hydrogen-bond donors (Lipinski definition) is 1. The monoisotopic (exact) mass is 726 g/mol. The molecule has 3 heterocycles. The summed E-state index contributed by atoms with van der Waals surface area (Å²) in [4.78, 5) is 50.1. The van der Waals surface area contributed by atoms with E-state index in [1.807, 2.05) is 72.5 Å². The van der Waals surface area contributed by atoms with E-state index in [9.17, 15) is 14.4 Å². The zero-order chi connectivity index (χ0) is 36.8. The molecule has 1 atom stereocenters. The summed E-state index contributed by atoms with van der Waals surface area (Å²) in [6, 6.07) is 24.6. The van der Waals surface area contributed by atoms with E-state index in [1.54, 1.807) is 18.2 Å².